The third kappa shape index (κ3) is 4.25. The number of halogens is 3. The van der Waals surface area contributed by atoms with E-state index in [0.717, 1.165) is 12.6 Å². The van der Waals surface area contributed by atoms with Gasteiger partial charge in [-0.3, -0.25) is 0 Å². The first-order chi connectivity index (χ1) is 13.8. The number of nitrogens with one attached hydrogen (secondary N) is 1. The summed E-state index contributed by atoms with van der Waals surface area (Å²) < 4.78 is 46.2. The van der Waals surface area contributed by atoms with Crippen LogP contribution in [-0.4, -0.2) is 58.8 Å². The van der Waals surface area contributed by atoms with E-state index >= 15 is 0 Å². The molecule has 2 saturated heterocycles. The van der Waals surface area contributed by atoms with Gasteiger partial charge in [-0.1, -0.05) is 0 Å². The van der Waals surface area contributed by atoms with E-state index in [1.54, 1.807) is 6.07 Å². The van der Waals surface area contributed by atoms with Gasteiger partial charge in [0.25, 0.3) is 0 Å². The fourth-order valence-corrected chi connectivity index (χ4v) is 3.67. The number of hydrogen-bond donors (Lipinski definition) is 2. The number of anilines is 2. The smallest absolute Gasteiger partial charge is 0.378 e. The summed E-state index contributed by atoms with van der Waals surface area (Å²) in [6.07, 6.45) is -2.75. The molecule has 2 aromatic heterocycles. The molecular formula is C18H22F3N7O. The molecule has 0 aromatic carbocycles. The minimum atomic E-state index is -4.68. The fraction of sp³-hybridized carbons (Fsp3) is 0.556. The summed E-state index contributed by atoms with van der Waals surface area (Å²) in [6.45, 7) is 4.97. The Kier molecular flexibility index (Phi) is 5.26. The number of aromatic nitrogens is 4. The van der Waals surface area contributed by atoms with Crippen LogP contribution in [0.5, 0.6) is 0 Å². The molecule has 0 bridgehead atoms. The van der Waals surface area contributed by atoms with E-state index in [1.807, 2.05) is 4.90 Å². The second-order valence-corrected chi connectivity index (χ2v) is 7.31. The van der Waals surface area contributed by atoms with Crippen molar-refractivity contribution in [2.24, 2.45) is 0 Å². The molecule has 0 amide bonds. The van der Waals surface area contributed by atoms with E-state index in [-0.39, 0.29) is 17.2 Å². The Balaban J connectivity index is 1.82. The summed E-state index contributed by atoms with van der Waals surface area (Å²) in [6, 6.07) is 1.93. The van der Waals surface area contributed by atoms with E-state index in [2.05, 4.69) is 32.2 Å². The van der Waals surface area contributed by atoms with Crippen LogP contribution in [0.25, 0.3) is 11.3 Å². The van der Waals surface area contributed by atoms with Gasteiger partial charge < -0.3 is 20.7 Å². The van der Waals surface area contributed by atoms with Gasteiger partial charge in [-0.2, -0.15) is 13.2 Å². The predicted octanol–water partition coefficient (Wildman–Crippen LogP) is 1.84. The molecule has 2 atom stereocenters. The highest BCUT2D eigenvalue weighted by molar-refractivity contribution is 5.64. The topological polar surface area (TPSA) is 102 Å². The third-order valence-corrected chi connectivity index (χ3v) is 5.15. The van der Waals surface area contributed by atoms with E-state index in [9.17, 15) is 13.2 Å². The Morgan fingerprint density at radius 3 is 2.62 bits per heavy atom. The molecule has 4 rings (SSSR count). The van der Waals surface area contributed by atoms with Gasteiger partial charge in [0.1, 0.15) is 0 Å². The average molecular weight is 409 g/mol. The SMILES string of the molecule is CC1C[C@H](c2cc(-c3cnc(N)nc3C(F)(F)F)nc(N3CCOCC3)n2)CN1. The highest BCUT2D eigenvalue weighted by Gasteiger charge is 2.37. The van der Waals surface area contributed by atoms with E-state index in [0.29, 0.717) is 50.5 Å². The molecule has 1 unspecified atom stereocenters. The number of alkyl halides is 3. The van der Waals surface area contributed by atoms with Crippen LogP contribution in [0.4, 0.5) is 25.1 Å². The molecule has 0 aliphatic carbocycles. The highest BCUT2D eigenvalue weighted by atomic mass is 19.4. The lowest BCUT2D eigenvalue weighted by Crippen LogP contribution is -2.37. The summed E-state index contributed by atoms with van der Waals surface area (Å²) >= 11 is 0. The monoisotopic (exact) mass is 409 g/mol. The van der Waals surface area contributed by atoms with Gasteiger partial charge in [0, 0.05) is 43.4 Å². The van der Waals surface area contributed by atoms with Crippen molar-refractivity contribution in [1.29, 1.82) is 0 Å². The fourth-order valence-electron chi connectivity index (χ4n) is 3.67. The molecule has 0 saturated carbocycles. The zero-order valence-electron chi connectivity index (χ0n) is 15.9. The number of rotatable bonds is 3. The predicted molar refractivity (Wildman–Crippen MR) is 100 cm³/mol. The molecule has 2 fully saturated rings. The Morgan fingerprint density at radius 2 is 1.97 bits per heavy atom. The van der Waals surface area contributed by atoms with E-state index < -0.39 is 17.8 Å². The number of nitrogens with two attached hydrogens (primary N) is 1. The summed E-state index contributed by atoms with van der Waals surface area (Å²) in [5.74, 6) is 0.0541. The van der Waals surface area contributed by atoms with Gasteiger partial charge in [0.2, 0.25) is 11.9 Å². The van der Waals surface area contributed by atoms with Crippen molar-refractivity contribution in [3.8, 4) is 11.3 Å². The van der Waals surface area contributed by atoms with Crippen molar-refractivity contribution in [3.63, 3.8) is 0 Å². The van der Waals surface area contributed by atoms with Crippen LogP contribution in [0, 0.1) is 0 Å². The van der Waals surface area contributed by atoms with Gasteiger partial charge >= 0.3 is 6.18 Å². The molecule has 0 radical (unpaired) electrons. The lowest BCUT2D eigenvalue weighted by Gasteiger charge is -2.28. The maximum atomic E-state index is 13.6. The van der Waals surface area contributed by atoms with Crippen LogP contribution >= 0.6 is 0 Å². The molecule has 2 aliphatic rings. The summed E-state index contributed by atoms with van der Waals surface area (Å²) in [7, 11) is 0. The molecule has 0 spiro atoms. The molecule has 3 N–H and O–H groups in total. The second kappa shape index (κ2) is 7.71. The first-order valence-corrected chi connectivity index (χ1v) is 9.46. The minimum Gasteiger partial charge on any atom is -0.378 e. The Hall–Kier alpha value is -2.53. The normalized spacial score (nSPS) is 22.8. The van der Waals surface area contributed by atoms with Crippen molar-refractivity contribution in [2.75, 3.05) is 43.5 Å². The molecular weight excluding hydrogens is 387 g/mol. The van der Waals surface area contributed by atoms with Crippen molar-refractivity contribution in [2.45, 2.75) is 31.5 Å². The van der Waals surface area contributed by atoms with Crippen molar-refractivity contribution < 1.29 is 17.9 Å². The quantitative estimate of drug-likeness (QED) is 0.792. The molecule has 11 heteroatoms. The van der Waals surface area contributed by atoms with Crippen LogP contribution in [0.1, 0.15) is 30.7 Å². The van der Waals surface area contributed by atoms with Crippen LogP contribution < -0.4 is 16.0 Å². The molecule has 8 nitrogen and oxygen atoms in total. The van der Waals surface area contributed by atoms with Gasteiger partial charge in [0.05, 0.1) is 24.6 Å². The van der Waals surface area contributed by atoms with Crippen LogP contribution in [0.15, 0.2) is 12.3 Å². The molecule has 2 aromatic rings. The summed E-state index contributed by atoms with van der Waals surface area (Å²) in [5, 5.41) is 3.35. The largest absolute Gasteiger partial charge is 0.434 e. The maximum Gasteiger partial charge on any atom is 0.434 e. The lowest BCUT2D eigenvalue weighted by molar-refractivity contribution is -0.140. The Bertz CT molecular complexity index is 863. The zero-order chi connectivity index (χ0) is 20.6. The summed E-state index contributed by atoms with van der Waals surface area (Å²) in [5.41, 5.74) is 4.96. The average Bonchev–Trinajstić information content (AvgIpc) is 3.14. The standard InChI is InChI=1S/C18H22F3N7O/c1-10-6-11(8-23-10)13-7-14(26-17(25-13)28-2-4-29-5-3-28)12-9-24-16(22)27-15(12)18(19,20)21/h7,9-11,23H,2-6,8H2,1H3,(H2,22,24,27)/t10?,11-/m0/s1. The van der Waals surface area contributed by atoms with E-state index in [1.165, 1.54) is 0 Å². The number of ether oxygens (including phenoxy) is 1. The maximum absolute atomic E-state index is 13.6. The van der Waals surface area contributed by atoms with Crippen LogP contribution in [0.2, 0.25) is 0 Å². The lowest BCUT2D eigenvalue weighted by atomic mass is 10.00. The van der Waals surface area contributed by atoms with Crippen molar-refractivity contribution in [1.82, 2.24) is 25.3 Å². The first kappa shape index (κ1) is 19.8. The summed E-state index contributed by atoms with van der Waals surface area (Å²) in [4.78, 5) is 18.3. The number of nitrogen functional groups attached to an aromatic ring is 1. The Morgan fingerprint density at radius 1 is 1.21 bits per heavy atom. The number of hydrogen-bond acceptors (Lipinski definition) is 8. The van der Waals surface area contributed by atoms with Gasteiger partial charge in [0.15, 0.2) is 5.69 Å². The van der Waals surface area contributed by atoms with Crippen LogP contribution in [0.3, 0.4) is 0 Å². The number of morpholine rings is 1. The second-order valence-electron chi connectivity index (χ2n) is 7.31. The molecule has 29 heavy (non-hydrogen) atoms. The van der Waals surface area contributed by atoms with Gasteiger partial charge in [-0.05, 0) is 19.4 Å². The molecule has 4 heterocycles. The van der Waals surface area contributed by atoms with Crippen LogP contribution in [-0.2, 0) is 10.9 Å². The Labute approximate surface area is 165 Å². The first-order valence-electron chi connectivity index (χ1n) is 9.46. The zero-order valence-corrected chi connectivity index (χ0v) is 15.9. The highest BCUT2D eigenvalue weighted by Crippen LogP contribution is 2.36. The van der Waals surface area contributed by atoms with Crippen molar-refractivity contribution >= 4 is 11.9 Å². The molecule has 2 aliphatic heterocycles. The van der Waals surface area contributed by atoms with Crippen molar-refractivity contribution in [3.05, 3.63) is 23.7 Å². The van der Waals surface area contributed by atoms with E-state index in [4.69, 9.17) is 10.5 Å². The molecule has 156 valence electrons. The number of nitrogens with zero attached hydrogens (tertiary/aromatic N) is 5. The van der Waals surface area contributed by atoms with Gasteiger partial charge in [-0.25, -0.2) is 19.9 Å². The van der Waals surface area contributed by atoms with Gasteiger partial charge in [-0.15, -0.1) is 0 Å². The third-order valence-electron chi connectivity index (χ3n) is 5.15. The minimum absolute atomic E-state index is 0.0931.